The second-order valence-electron chi connectivity index (χ2n) is 5.96. The van der Waals surface area contributed by atoms with E-state index in [1.165, 1.54) is 0 Å². The fourth-order valence-corrected chi connectivity index (χ4v) is 2.32. The van der Waals surface area contributed by atoms with Crippen LogP contribution in [0.5, 0.6) is 0 Å². The third-order valence-electron chi connectivity index (χ3n) is 3.11. The molecule has 0 spiro atoms. The molecule has 1 unspecified atom stereocenters. The summed E-state index contributed by atoms with van der Waals surface area (Å²) in [5.74, 6) is 0.805. The lowest BCUT2D eigenvalue weighted by Gasteiger charge is -2.23. The molecule has 5 nitrogen and oxygen atoms in total. The molecule has 0 aliphatic heterocycles. The molecule has 5 heteroatoms. The number of carboxylic acid groups (broad SMARTS) is 1. The number of nitrogens with zero attached hydrogens (tertiary/aromatic N) is 1. The van der Waals surface area contributed by atoms with E-state index < -0.39 is 5.97 Å². The van der Waals surface area contributed by atoms with Crippen molar-refractivity contribution < 1.29 is 14.3 Å². The molecular weight excluding hydrogens is 256 g/mol. The first-order valence-electron chi connectivity index (χ1n) is 7.00. The molecule has 1 atom stereocenters. The highest BCUT2D eigenvalue weighted by molar-refractivity contribution is 5.88. The van der Waals surface area contributed by atoms with Crippen molar-refractivity contribution in [1.82, 2.24) is 10.2 Å². The fraction of sp³-hybridized carbons (Fsp3) is 0.667. The molecule has 0 amide bonds. The van der Waals surface area contributed by atoms with Crippen LogP contribution in [-0.4, -0.2) is 42.7 Å². The van der Waals surface area contributed by atoms with Gasteiger partial charge in [0.2, 0.25) is 0 Å². The number of furan rings is 1. The molecule has 20 heavy (non-hydrogen) atoms. The van der Waals surface area contributed by atoms with Crippen LogP contribution in [0, 0.1) is 12.8 Å². The monoisotopic (exact) mass is 282 g/mol. The van der Waals surface area contributed by atoms with Crippen LogP contribution in [0.3, 0.4) is 0 Å². The number of aromatic carboxylic acids is 1. The zero-order chi connectivity index (χ0) is 15.3. The summed E-state index contributed by atoms with van der Waals surface area (Å²) in [4.78, 5) is 13.1. The van der Waals surface area contributed by atoms with Crippen LogP contribution in [0.2, 0.25) is 0 Å². The Kier molecular flexibility index (Phi) is 6.23. The van der Waals surface area contributed by atoms with E-state index in [1.807, 2.05) is 0 Å². The van der Waals surface area contributed by atoms with E-state index in [-0.39, 0.29) is 5.56 Å². The third-order valence-corrected chi connectivity index (χ3v) is 3.11. The molecule has 0 saturated heterocycles. The van der Waals surface area contributed by atoms with Gasteiger partial charge in [0.15, 0.2) is 0 Å². The van der Waals surface area contributed by atoms with Gasteiger partial charge in [0, 0.05) is 12.6 Å². The summed E-state index contributed by atoms with van der Waals surface area (Å²) < 4.78 is 5.48. The molecule has 0 aliphatic rings. The van der Waals surface area contributed by atoms with Crippen molar-refractivity contribution >= 4 is 5.97 Å². The second kappa shape index (κ2) is 7.45. The SMILES string of the molecule is Cc1oc(CNC(CC(C)C)CN(C)C)cc1C(=O)O. The summed E-state index contributed by atoms with van der Waals surface area (Å²) in [5, 5.41) is 12.5. The van der Waals surface area contributed by atoms with Crippen molar-refractivity contribution in [2.24, 2.45) is 5.92 Å². The van der Waals surface area contributed by atoms with Gasteiger partial charge in [0.1, 0.15) is 17.1 Å². The standard InChI is InChI=1S/C15H26N2O3/c1-10(2)6-12(9-17(4)5)16-8-13-7-14(15(18)19)11(3)20-13/h7,10,12,16H,6,8-9H2,1-5H3,(H,18,19). The van der Waals surface area contributed by atoms with Gasteiger partial charge >= 0.3 is 5.97 Å². The first-order valence-corrected chi connectivity index (χ1v) is 7.00. The summed E-state index contributed by atoms with van der Waals surface area (Å²) in [6.45, 7) is 7.58. The third kappa shape index (κ3) is 5.35. The lowest BCUT2D eigenvalue weighted by atomic mass is 10.0. The zero-order valence-electron chi connectivity index (χ0n) is 13.1. The lowest BCUT2D eigenvalue weighted by molar-refractivity contribution is 0.0695. The van der Waals surface area contributed by atoms with E-state index in [2.05, 4.69) is 38.2 Å². The number of hydrogen-bond acceptors (Lipinski definition) is 4. The van der Waals surface area contributed by atoms with Gasteiger partial charge in [0.05, 0.1) is 6.54 Å². The van der Waals surface area contributed by atoms with Gasteiger partial charge in [-0.2, -0.15) is 0 Å². The molecule has 0 fully saturated rings. The lowest BCUT2D eigenvalue weighted by Crippen LogP contribution is -2.38. The number of likely N-dealkylation sites (N-methyl/N-ethyl adjacent to an activating group) is 1. The van der Waals surface area contributed by atoms with Crippen LogP contribution in [0.25, 0.3) is 0 Å². The van der Waals surface area contributed by atoms with Crippen LogP contribution in [0.4, 0.5) is 0 Å². The van der Waals surface area contributed by atoms with Gasteiger partial charge in [-0.3, -0.25) is 0 Å². The maximum absolute atomic E-state index is 11.0. The van der Waals surface area contributed by atoms with E-state index in [0.29, 0.717) is 30.0 Å². The Morgan fingerprint density at radius 2 is 2.10 bits per heavy atom. The molecule has 1 rings (SSSR count). The number of carboxylic acids is 1. The average Bonchev–Trinajstić information content (AvgIpc) is 2.66. The minimum absolute atomic E-state index is 0.245. The highest BCUT2D eigenvalue weighted by Crippen LogP contribution is 2.15. The molecule has 0 aromatic carbocycles. The topological polar surface area (TPSA) is 65.7 Å². The Morgan fingerprint density at radius 1 is 1.45 bits per heavy atom. The quantitative estimate of drug-likeness (QED) is 0.766. The summed E-state index contributed by atoms with van der Waals surface area (Å²) in [5.41, 5.74) is 0.245. The summed E-state index contributed by atoms with van der Waals surface area (Å²) >= 11 is 0. The Balaban J connectivity index is 2.62. The maximum atomic E-state index is 11.0. The average molecular weight is 282 g/mol. The van der Waals surface area contributed by atoms with E-state index in [9.17, 15) is 4.79 Å². The largest absolute Gasteiger partial charge is 0.478 e. The Labute approximate surface area is 121 Å². The molecule has 0 radical (unpaired) electrons. The molecule has 1 heterocycles. The Hall–Kier alpha value is -1.33. The van der Waals surface area contributed by atoms with Crippen LogP contribution in [-0.2, 0) is 6.54 Å². The molecule has 0 saturated carbocycles. The summed E-state index contributed by atoms with van der Waals surface area (Å²) in [7, 11) is 4.10. The predicted octanol–water partition coefficient (Wildman–Crippen LogP) is 2.35. The maximum Gasteiger partial charge on any atom is 0.339 e. The zero-order valence-corrected chi connectivity index (χ0v) is 13.1. The van der Waals surface area contributed by atoms with Crippen LogP contribution >= 0.6 is 0 Å². The van der Waals surface area contributed by atoms with E-state index >= 15 is 0 Å². The van der Waals surface area contributed by atoms with Crippen molar-refractivity contribution in [3.63, 3.8) is 0 Å². The van der Waals surface area contributed by atoms with E-state index in [0.717, 1.165) is 13.0 Å². The normalized spacial score (nSPS) is 13.2. The van der Waals surface area contributed by atoms with Crippen LogP contribution < -0.4 is 5.32 Å². The Morgan fingerprint density at radius 3 is 2.55 bits per heavy atom. The summed E-state index contributed by atoms with van der Waals surface area (Å²) in [6, 6.07) is 1.97. The first kappa shape index (κ1) is 16.7. The molecule has 114 valence electrons. The molecule has 1 aromatic heterocycles. The van der Waals surface area contributed by atoms with Crippen molar-refractivity contribution in [2.45, 2.75) is 39.8 Å². The first-order chi connectivity index (χ1) is 9.29. The van der Waals surface area contributed by atoms with E-state index in [1.54, 1.807) is 13.0 Å². The van der Waals surface area contributed by atoms with Gasteiger partial charge < -0.3 is 19.7 Å². The second-order valence-corrected chi connectivity index (χ2v) is 5.96. The van der Waals surface area contributed by atoms with E-state index in [4.69, 9.17) is 9.52 Å². The minimum atomic E-state index is -0.940. The molecule has 0 aliphatic carbocycles. The Bertz CT molecular complexity index is 428. The number of hydrogen-bond donors (Lipinski definition) is 2. The highest BCUT2D eigenvalue weighted by Gasteiger charge is 2.16. The van der Waals surface area contributed by atoms with Crippen molar-refractivity contribution in [2.75, 3.05) is 20.6 Å². The van der Waals surface area contributed by atoms with Crippen molar-refractivity contribution in [1.29, 1.82) is 0 Å². The highest BCUT2D eigenvalue weighted by atomic mass is 16.4. The van der Waals surface area contributed by atoms with Crippen LogP contribution in [0.1, 0.15) is 42.1 Å². The molecule has 1 aromatic rings. The van der Waals surface area contributed by atoms with Crippen molar-refractivity contribution in [3.05, 3.63) is 23.2 Å². The van der Waals surface area contributed by atoms with Gasteiger partial charge in [-0.05, 0) is 39.4 Å². The van der Waals surface area contributed by atoms with Crippen molar-refractivity contribution in [3.8, 4) is 0 Å². The molecule has 0 bridgehead atoms. The van der Waals surface area contributed by atoms with Gasteiger partial charge in [0.25, 0.3) is 0 Å². The van der Waals surface area contributed by atoms with Gasteiger partial charge in [-0.1, -0.05) is 13.8 Å². The fourth-order valence-electron chi connectivity index (χ4n) is 2.32. The molecular formula is C15H26N2O3. The van der Waals surface area contributed by atoms with Crippen LogP contribution in [0.15, 0.2) is 10.5 Å². The number of rotatable bonds is 8. The smallest absolute Gasteiger partial charge is 0.339 e. The van der Waals surface area contributed by atoms with Gasteiger partial charge in [-0.25, -0.2) is 4.79 Å². The molecule has 2 N–H and O–H groups in total. The number of nitrogens with one attached hydrogen (secondary N) is 1. The predicted molar refractivity (Wildman–Crippen MR) is 79.0 cm³/mol. The number of aryl methyl sites for hydroxylation is 1. The number of carbonyl (C=O) groups is 1. The van der Waals surface area contributed by atoms with Gasteiger partial charge in [-0.15, -0.1) is 0 Å². The summed E-state index contributed by atoms with van der Waals surface area (Å²) in [6.07, 6.45) is 1.07. The minimum Gasteiger partial charge on any atom is -0.478 e.